The minimum Gasteiger partial charge on any atom is -0.368 e. The third-order valence-electron chi connectivity index (χ3n) is 5.94. The summed E-state index contributed by atoms with van der Waals surface area (Å²) >= 11 is 1.51. The van der Waals surface area contributed by atoms with Gasteiger partial charge < -0.3 is 9.80 Å². The number of hydrogen-bond acceptors (Lipinski definition) is 4. The predicted octanol–water partition coefficient (Wildman–Crippen LogP) is 5.34. The van der Waals surface area contributed by atoms with E-state index in [2.05, 4.69) is 68.1 Å². The summed E-state index contributed by atoms with van der Waals surface area (Å²) in [7, 11) is 0. The van der Waals surface area contributed by atoms with Crippen molar-refractivity contribution in [1.29, 1.82) is 0 Å². The lowest BCUT2D eigenvalue weighted by Crippen LogP contribution is -2.48. The number of anilines is 1. The molecule has 3 heterocycles. The predicted molar refractivity (Wildman–Crippen MR) is 126 cm³/mol. The van der Waals surface area contributed by atoms with Crippen molar-refractivity contribution in [3.8, 4) is 0 Å². The van der Waals surface area contributed by atoms with E-state index in [1.54, 1.807) is 0 Å². The normalized spacial score (nSPS) is 14.6. The quantitative estimate of drug-likeness (QED) is 0.444. The number of piperazine rings is 1. The van der Waals surface area contributed by atoms with Gasteiger partial charge in [0.05, 0.1) is 10.4 Å². The zero-order valence-corrected chi connectivity index (χ0v) is 18.4. The Hall–Kier alpha value is -2.92. The molecule has 2 aromatic carbocycles. The second kappa shape index (κ2) is 7.40. The second-order valence-electron chi connectivity index (χ2n) is 8.26. The van der Waals surface area contributed by atoms with Crippen LogP contribution in [-0.2, 0) is 0 Å². The molecule has 0 saturated carbocycles. The van der Waals surface area contributed by atoms with E-state index < -0.39 is 0 Å². The second-order valence-corrected chi connectivity index (χ2v) is 9.29. The summed E-state index contributed by atoms with van der Waals surface area (Å²) in [6.45, 7) is 9.58. The van der Waals surface area contributed by atoms with Crippen molar-refractivity contribution in [3.63, 3.8) is 0 Å². The van der Waals surface area contributed by atoms with Gasteiger partial charge in [-0.2, -0.15) is 0 Å². The number of carbonyl (C=O) groups is 1. The van der Waals surface area contributed by atoms with Crippen LogP contribution in [-0.4, -0.2) is 42.0 Å². The molecule has 0 bridgehead atoms. The molecular weight excluding hydrogens is 390 g/mol. The Balaban J connectivity index is 1.35. The molecule has 1 fully saturated rings. The van der Waals surface area contributed by atoms with E-state index in [-0.39, 0.29) is 5.91 Å². The molecule has 0 N–H and O–H groups in total. The van der Waals surface area contributed by atoms with Crippen LogP contribution in [0, 0.1) is 20.8 Å². The first-order chi connectivity index (χ1) is 14.5. The third-order valence-corrected chi connectivity index (χ3v) is 6.97. The van der Waals surface area contributed by atoms with Crippen molar-refractivity contribution >= 4 is 44.1 Å². The Kier molecular flexibility index (Phi) is 4.70. The van der Waals surface area contributed by atoms with Gasteiger partial charge in [0.15, 0.2) is 0 Å². The maximum absolute atomic E-state index is 13.2. The van der Waals surface area contributed by atoms with Gasteiger partial charge >= 0.3 is 0 Å². The van der Waals surface area contributed by atoms with Gasteiger partial charge in [-0.05, 0) is 61.7 Å². The highest BCUT2D eigenvalue weighted by Crippen LogP contribution is 2.29. The van der Waals surface area contributed by atoms with Gasteiger partial charge in [-0.3, -0.25) is 4.79 Å². The number of pyridine rings is 1. The SMILES string of the molecule is Cc1ccc(C)c(N2CCN(C(=O)c3cc4cc5ccc(C)cc5nc4s3)CC2)c1. The summed E-state index contributed by atoms with van der Waals surface area (Å²) in [6.07, 6.45) is 0. The molecule has 2 aromatic heterocycles. The fourth-order valence-corrected chi connectivity index (χ4v) is 5.20. The van der Waals surface area contributed by atoms with Gasteiger partial charge in [0.1, 0.15) is 4.83 Å². The molecule has 30 heavy (non-hydrogen) atoms. The van der Waals surface area contributed by atoms with Crippen molar-refractivity contribution in [2.24, 2.45) is 0 Å². The van der Waals surface area contributed by atoms with Crippen molar-refractivity contribution < 1.29 is 4.79 Å². The topological polar surface area (TPSA) is 36.4 Å². The fourth-order valence-electron chi connectivity index (χ4n) is 4.21. The van der Waals surface area contributed by atoms with Gasteiger partial charge in [-0.25, -0.2) is 4.98 Å². The van der Waals surface area contributed by atoms with Gasteiger partial charge in [-0.15, -0.1) is 11.3 Å². The zero-order chi connectivity index (χ0) is 20.8. The van der Waals surface area contributed by atoms with Gasteiger partial charge in [-0.1, -0.05) is 24.3 Å². The number of hydrogen-bond donors (Lipinski definition) is 0. The molecule has 152 valence electrons. The Morgan fingerprint density at radius 1 is 0.867 bits per heavy atom. The molecule has 1 aliphatic rings. The molecule has 0 unspecified atom stereocenters. The minimum absolute atomic E-state index is 0.124. The first-order valence-corrected chi connectivity index (χ1v) is 11.2. The fraction of sp³-hybridized carbons (Fsp3) is 0.280. The number of thiophene rings is 1. The van der Waals surface area contributed by atoms with E-state index in [4.69, 9.17) is 4.98 Å². The van der Waals surface area contributed by atoms with E-state index in [1.807, 2.05) is 11.0 Å². The van der Waals surface area contributed by atoms with Crippen LogP contribution in [0.15, 0.2) is 48.5 Å². The van der Waals surface area contributed by atoms with E-state index in [0.29, 0.717) is 0 Å². The van der Waals surface area contributed by atoms with Crippen LogP contribution in [0.1, 0.15) is 26.4 Å². The summed E-state index contributed by atoms with van der Waals surface area (Å²) in [5, 5.41) is 2.17. The monoisotopic (exact) mass is 415 g/mol. The van der Waals surface area contributed by atoms with E-state index in [9.17, 15) is 4.79 Å². The van der Waals surface area contributed by atoms with Crippen molar-refractivity contribution in [2.75, 3.05) is 31.1 Å². The summed E-state index contributed by atoms with van der Waals surface area (Å²) in [5.74, 6) is 0.124. The van der Waals surface area contributed by atoms with Crippen molar-refractivity contribution in [3.05, 3.63) is 70.1 Å². The zero-order valence-electron chi connectivity index (χ0n) is 17.6. The first kappa shape index (κ1) is 19.1. The summed E-state index contributed by atoms with van der Waals surface area (Å²) in [6, 6.07) is 17.0. The molecule has 0 aliphatic carbocycles. The number of amides is 1. The van der Waals surface area contributed by atoms with Crippen LogP contribution >= 0.6 is 11.3 Å². The standard InChI is InChI=1S/C25H25N3OS/c1-16-5-7-19-14-20-15-23(30-24(20)26-21(19)12-16)25(29)28-10-8-27(9-11-28)22-13-17(2)4-6-18(22)3/h4-7,12-15H,8-11H2,1-3H3. The Morgan fingerprint density at radius 3 is 2.40 bits per heavy atom. The Morgan fingerprint density at radius 2 is 1.60 bits per heavy atom. The summed E-state index contributed by atoms with van der Waals surface area (Å²) < 4.78 is 0. The lowest BCUT2D eigenvalue weighted by atomic mass is 10.1. The van der Waals surface area contributed by atoms with Crippen LogP contribution in [0.5, 0.6) is 0 Å². The average molecular weight is 416 g/mol. The number of aromatic nitrogens is 1. The number of carbonyl (C=O) groups excluding carboxylic acids is 1. The Labute approximate surface area is 180 Å². The highest BCUT2D eigenvalue weighted by Gasteiger charge is 2.24. The minimum atomic E-state index is 0.124. The highest BCUT2D eigenvalue weighted by atomic mass is 32.1. The molecule has 5 heteroatoms. The maximum Gasteiger partial charge on any atom is 0.264 e. The summed E-state index contributed by atoms with van der Waals surface area (Å²) in [5.41, 5.74) is 6.04. The first-order valence-electron chi connectivity index (χ1n) is 10.4. The molecule has 1 amide bonds. The van der Waals surface area contributed by atoms with Gasteiger partial charge in [0.2, 0.25) is 0 Å². The van der Waals surface area contributed by atoms with Crippen LogP contribution in [0.4, 0.5) is 5.69 Å². The lowest BCUT2D eigenvalue weighted by molar-refractivity contribution is 0.0751. The van der Waals surface area contributed by atoms with Gasteiger partial charge in [0.25, 0.3) is 5.91 Å². The molecule has 0 radical (unpaired) electrons. The molecule has 0 atom stereocenters. The average Bonchev–Trinajstić information content (AvgIpc) is 3.16. The van der Waals surface area contributed by atoms with E-state index in [0.717, 1.165) is 52.2 Å². The number of rotatable bonds is 2. The number of benzene rings is 2. The molecule has 5 rings (SSSR count). The van der Waals surface area contributed by atoms with Crippen LogP contribution in [0.3, 0.4) is 0 Å². The third kappa shape index (κ3) is 3.43. The van der Waals surface area contributed by atoms with Crippen molar-refractivity contribution in [2.45, 2.75) is 20.8 Å². The van der Waals surface area contributed by atoms with Crippen LogP contribution < -0.4 is 4.90 Å². The van der Waals surface area contributed by atoms with E-state index >= 15 is 0 Å². The van der Waals surface area contributed by atoms with Gasteiger partial charge in [0, 0.05) is 42.6 Å². The number of aryl methyl sites for hydroxylation is 3. The van der Waals surface area contributed by atoms with Crippen LogP contribution in [0.2, 0.25) is 0 Å². The maximum atomic E-state index is 13.2. The molecule has 4 nitrogen and oxygen atoms in total. The highest BCUT2D eigenvalue weighted by molar-refractivity contribution is 7.20. The molecule has 1 aliphatic heterocycles. The smallest absolute Gasteiger partial charge is 0.264 e. The molecule has 4 aromatic rings. The number of nitrogens with zero attached hydrogens (tertiary/aromatic N) is 3. The molecule has 1 saturated heterocycles. The number of fused-ring (bicyclic) bond motifs is 2. The molecule has 0 spiro atoms. The summed E-state index contributed by atoms with van der Waals surface area (Å²) in [4.78, 5) is 24.1. The Bertz CT molecular complexity index is 1270. The molecular formula is C25H25N3OS. The van der Waals surface area contributed by atoms with Crippen LogP contribution in [0.25, 0.3) is 21.1 Å². The lowest BCUT2D eigenvalue weighted by Gasteiger charge is -2.36. The van der Waals surface area contributed by atoms with E-state index in [1.165, 1.54) is 33.7 Å². The van der Waals surface area contributed by atoms with Crippen molar-refractivity contribution in [1.82, 2.24) is 9.88 Å². The largest absolute Gasteiger partial charge is 0.368 e.